The molecule has 6 aliphatic carbocycles. The van der Waals surface area contributed by atoms with Crippen molar-refractivity contribution < 1.29 is 0 Å². The summed E-state index contributed by atoms with van der Waals surface area (Å²) in [5, 5.41) is 16.6. The zero-order chi connectivity index (χ0) is 74.5. The van der Waals surface area contributed by atoms with Crippen molar-refractivity contribution >= 4 is 114 Å². The zero-order valence-electron chi connectivity index (χ0n) is 64.8. The van der Waals surface area contributed by atoms with Crippen molar-refractivity contribution in [1.29, 1.82) is 0 Å². The summed E-state index contributed by atoms with van der Waals surface area (Å²) in [6.45, 7) is 28.7. The van der Waals surface area contributed by atoms with Crippen LogP contribution in [-0.2, 0) is 32.5 Å². The molecule has 0 spiro atoms. The van der Waals surface area contributed by atoms with Crippen molar-refractivity contribution in [3.63, 3.8) is 0 Å². The molecule has 0 N–H and O–H groups in total. The van der Waals surface area contributed by atoms with Gasteiger partial charge in [-0.3, -0.25) is 0 Å². The number of para-hydroxylation sites is 3. The summed E-state index contributed by atoms with van der Waals surface area (Å²) in [5.41, 5.74) is 45.9. The molecule has 0 unspecified atom stereocenters. The highest BCUT2D eigenvalue weighted by atomic mass is 14.9. The van der Waals surface area contributed by atoms with Gasteiger partial charge in [-0.25, -0.2) is 0 Å². The van der Waals surface area contributed by atoms with Crippen LogP contribution in [0.2, 0.25) is 0 Å². The molecular weight excluding hydrogens is 1340 g/mol. The van der Waals surface area contributed by atoms with Gasteiger partial charge in [0.1, 0.15) is 0 Å². The highest BCUT2D eigenvalue weighted by molar-refractivity contribution is 6.32. The lowest BCUT2D eigenvalue weighted by Crippen LogP contribution is -2.15. The predicted molar refractivity (Wildman–Crippen MR) is 469 cm³/mol. The normalized spacial score (nSPS) is 16.5. The molecule has 27 rings (SSSR count). The van der Waals surface area contributed by atoms with Gasteiger partial charge in [-0.2, -0.15) is 0 Å². The summed E-state index contributed by atoms with van der Waals surface area (Å²) >= 11 is 0. The van der Waals surface area contributed by atoms with Crippen LogP contribution in [0.4, 0.5) is 0 Å². The smallest absolute Gasteiger partial charge is 0.0626 e. The average Bonchev–Trinajstić information content (AvgIpc) is 1.51. The van der Waals surface area contributed by atoms with Crippen LogP contribution >= 0.6 is 0 Å². The lowest BCUT2D eigenvalue weighted by atomic mass is 9.80. The van der Waals surface area contributed by atoms with Crippen LogP contribution < -0.4 is 0 Å². The molecule has 0 fully saturated rings. The Balaban J connectivity index is 0.0000000947. The van der Waals surface area contributed by atoms with Crippen molar-refractivity contribution in [3.8, 4) is 66.8 Å². The quantitative estimate of drug-likeness (QED) is 0.144. The van der Waals surface area contributed by atoms with Gasteiger partial charge in [0, 0.05) is 97.1 Å². The maximum absolute atomic E-state index is 2.56. The number of hydrogen-bond acceptors (Lipinski definition) is 0. The summed E-state index contributed by atoms with van der Waals surface area (Å²) in [4.78, 5) is 0. The third kappa shape index (κ3) is 7.28. The number of rotatable bonds is 0. The first-order chi connectivity index (χ1) is 53.7. The van der Waals surface area contributed by atoms with E-state index >= 15 is 0 Å². The van der Waals surface area contributed by atoms with Crippen molar-refractivity contribution in [1.82, 2.24) is 13.2 Å². The lowest BCUT2D eigenvalue weighted by molar-refractivity contribution is 0.661. The molecule has 0 radical (unpaired) electrons. The second kappa shape index (κ2) is 20.2. The number of benzene rings is 15. The van der Waals surface area contributed by atoms with Gasteiger partial charge in [0.05, 0.1) is 49.7 Å². The molecule has 6 heterocycles. The highest BCUT2D eigenvalue weighted by Gasteiger charge is 2.46. The second-order valence-corrected chi connectivity index (χ2v) is 36.5. The van der Waals surface area contributed by atoms with E-state index in [4.69, 9.17) is 0 Å². The number of hydrogen-bond donors (Lipinski definition) is 0. The first kappa shape index (κ1) is 62.6. The minimum absolute atomic E-state index is 0.00830. The van der Waals surface area contributed by atoms with E-state index in [1.54, 1.807) is 0 Å². The maximum atomic E-state index is 2.56. The molecule has 3 heteroatoms. The molecule has 15 aromatic carbocycles. The Kier molecular flexibility index (Phi) is 11.4. The van der Waals surface area contributed by atoms with E-state index in [1.165, 1.54) is 248 Å². The van der Waals surface area contributed by atoms with E-state index < -0.39 is 0 Å². The van der Waals surface area contributed by atoms with Gasteiger partial charge in [-0.15, -0.1) is 0 Å². The summed E-state index contributed by atoms with van der Waals surface area (Å²) in [5.74, 6) is 0. The Morgan fingerprint density at radius 2 is 0.441 bits per heavy atom. The zero-order valence-corrected chi connectivity index (χ0v) is 64.8. The Bertz CT molecular complexity index is 7850. The molecule has 21 aromatic rings. The molecule has 3 nitrogen and oxygen atoms in total. The van der Waals surface area contributed by atoms with Crippen LogP contribution in [-0.4, -0.2) is 13.2 Å². The first-order valence-electron chi connectivity index (χ1n) is 40.2. The SMILES string of the molecule is CC1(C)c2ccccc2-c2cc3c(cc21)c1c2c(cc4c5ccccc5n3c41)C(C)(C)c1ccccc1-2.CC1(C)c2ccccc2-c2cc3c(cc21)c1cc2c(c4c5ccccc5n3c14)-c1ccccc1C2(C)C.CC1(C)c2ccccc2-c2cc3c(cc21)c1cc2c(c4c5ccccc5n3c14)C(C)(C)c1ccccc1-2. The minimum atomic E-state index is -0.0448. The number of fused-ring (bicyclic) bond motifs is 39. The van der Waals surface area contributed by atoms with Gasteiger partial charge in [0.25, 0.3) is 0 Å². The van der Waals surface area contributed by atoms with Gasteiger partial charge in [-0.05, 0) is 206 Å². The van der Waals surface area contributed by atoms with Gasteiger partial charge < -0.3 is 13.2 Å². The largest absolute Gasteiger partial charge is 0.308 e. The topological polar surface area (TPSA) is 13.2 Å². The van der Waals surface area contributed by atoms with E-state index in [-0.39, 0.29) is 32.5 Å². The van der Waals surface area contributed by atoms with Gasteiger partial charge >= 0.3 is 0 Å². The van der Waals surface area contributed by atoms with Crippen LogP contribution in [0.15, 0.2) is 273 Å². The molecule has 0 saturated carbocycles. The minimum Gasteiger partial charge on any atom is -0.308 e. The number of nitrogens with zero attached hydrogens (tertiary/aromatic N) is 3. The Labute approximate surface area is 645 Å². The second-order valence-electron chi connectivity index (χ2n) is 36.5. The van der Waals surface area contributed by atoms with Crippen molar-refractivity contribution in [2.75, 3.05) is 0 Å². The Morgan fingerprint density at radius 3 is 0.874 bits per heavy atom. The summed E-state index contributed by atoms with van der Waals surface area (Å²) in [6, 6.07) is 104. The van der Waals surface area contributed by atoms with Crippen LogP contribution in [0, 0.1) is 0 Å². The summed E-state index contributed by atoms with van der Waals surface area (Å²) < 4.78 is 7.67. The monoisotopic (exact) mass is 1420 g/mol. The third-order valence-corrected chi connectivity index (χ3v) is 29.1. The van der Waals surface area contributed by atoms with E-state index in [0.717, 1.165) is 0 Å². The van der Waals surface area contributed by atoms with Crippen LogP contribution in [0.5, 0.6) is 0 Å². The summed E-state index contributed by atoms with van der Waals surface area (Å²) in [6.07, 6.45) is 0. The molecule has 528 valence electrons. The highest BCUT2D eigenvalue weighted by Crippen LogP contribution is 2.62. The Morgan fingerprint density at radius 1 is 0.171 bits per heavy atom. The van der Waals surface area contributed by atoms with Gasteiger partial charge in [0.2, 0.25) is 0 Å². The van der Waals surface area contributed by atoms with Crippen molar-refractivity contribution in [2.24, 2.45) is 0 Å². The fraction of sp³-hybridized carbons (Fsp3) is 0.167. The van der Waals surface area contributed by atoms with Crippen LogP contribution in [0.3, 0.4) is 0 Å². The first-order valence-corrected chi connectivity index (χ1v) is 40.2. The van der Waals surface area contributed by atoms with E-state index in [9.17, 15) is 0 Å². The molecular formula is C108H81N3. The molecule has 0 amide bonds. The fourth-order valence-corrected chi connectivity index (χ4v) is 23.9. The molecule has 0 saturated heterocycles. The molecule has 0 atom stereocenters. The van der Waals surface area contributed by atoms with Crippen LogP contribution in [0.1, 0.15) is 150 Å². The van der Waals surface area contributed by atoms with E-state index in [0.29, 0.717) is 0 Å². The third-order valence-electron chi connectivity index (χ3n) is 29.1. The van der Waals surface area contributed by atoms with Crippen molar-refractivity contribution in [2.45, 2.75) is 116 Å². The van der Waals surface area contributed by atoms with Gasteiger partial charge in [0.15, 0.2) is 0 Å². The average molecular weight is 1420 g/mol. The lowest BCUT2D eigenvalue weighted by Gasteiger charge is -2.22. The van der Waals surface area contributed by atoms with E-state index in [1.807, 2.05) is 0 Å². The molecule has 0 aliphatic heterocycles. The van der Waals surface area contributed by atoms with Crippen LogP contribution in [0.25, 0.3) is 181 Å². The molecule has 0 bridgehead atoms. The standard InChI is InChI=1S/3C36H27N/c1-35(2)26-14-8-5-11-20(26)23-19-31-25(18-28(23)35)33-32-22-13-6-9-15-27(22)36(3,4)29(32)17-24-21-12-7-10-16-30(21)37(31)34(24)33;1-35(2)27-14-8-5-11-20(27)23-19-31-24(18-29(23)35)26-17-25-21-12-6-9-15-28(21)36(3,4)33(25)32-22-13-7-10-16-30(22)37(31)34(26)32;1-35(2)26-14-8-5-11-20(26)23-19-31-24(17-28(23)35)25-18-29-32(21-12-6-9-15-27(21)36(29,3)4)33-22-13-7-10-16-30(22)37(31)34(25)33/h3*5-19H,1-4H3. The molecule has 111 heavy (non-hydrogen) atoms. The van der Waals surface area contributed by atoms with E-state index in [2.05, 4.69) is 369 Å². The molecule has 6 aromatic heterocycles. The predicted octanol–water partition coefficient (Wildman–Crippen LogP) is 28.3. The summed E-state index contributed by atoms with van der Waals surface area (Å²) in [7, 11) is 0. The molecule has 6 aliphatic rings. The van der Waals surface area contributed by atoms with Crippen molar-refractivity contribution in [3.05, 3.63) is 340 Å². The maximum Gasteiger partial charge on any atom is 0.0626 e. The fourth-order valence-electron chi connectivity index (χ4n) is 23.9. The number of aromatic nitrogens is 3. The van der Waals surface area contributed by atoms with Gasteiger partial charge in [-0.1, -0.05) is 283 Å². The Hall–Kier alpha value is -12.3.